The molecule has 3 nitrogen and oxygen atoms in total. The first-order valence-corrected chi connectivity index (χ1v) is 7.83. The third kappa shape index (κ3) is 2.41. The molecule has 0 saturated carbocycles. The molecule has 0 spiro atoms. The second-order valence-electron chi connectivity index (χ2n) is 5.09. The van der Waals surface area contributed by atoms with Crippen LogP contribution in [-0.4, -0.2) is 28.2 Å². The number of anilines is 1. The van der Waals surface area contributed by atoms with Crippen molar-refractivity contribution in [3.8, 4) is 0 Å². The Labute approximate surface area is 123 Å². The Morgan fingerprint density at radius 1 is 1.25 bits per heavy atom. The zero-order valence-electron chi connectivity index (χ0n) is 11.5. The lowest BCUT2D eigenvalue weighted by molar-refractivity contribution is 0.211. The van der Waals surface area contributed by atoms with Crippen LogP contribution in [0.5, 0.6) is 0 Å². The van der Waals surface area contributed by atoms with Gasteiger partial charge in [-0.2, -0.15) is 0 Å². The lowest BCUT2D eigenvalue weighted by atomic mass is 10.0. The molecule has 1 aliphatic heterocycles. The summed E-state index contributed by atoms with van der Waals surface area (Å²) in [5.41, 5.74) is 0.761. The minimum atomic E-state index is -0.308. The first-order chi connectivity index (χ1) is 9.76. The fourth-order valence-electron chi connectivity index (χ4n) is 2.37. The maximum absolute atomic E-state index is 9.52. The summed E-state index contributed by atoms with van der Waals surface area (Å²) in [5, 5.41) is 16.2. The van der Waals surface area contributed by atoms with Gasteiger partial charge in [-0.3, -0.25) is 4.99 Å². The van der Waals surface area contributed by atoms with Gasteiger partial charge in [-0.25, -0.2) is 0 Å². The van der Waals surface area contributed by atoms with Crippen molar-refractivity contribution in [2.24, 2.45) is 4.99 Å². The summed E-state index contributed by atoms with van der Waals surface area (Å²) < 4.78 is 0. The van der Waals surface area contributed by atoms with Crippen molar-refractivity contribution in [3.63, 3.8) is 0 Å². The molecule has 104 valence electrons. The van der Waals surface area contributed by atoms with Gasteiger partial charge in [0.05, 0.1) is 12.1 Å². The average Bonchev–Trinajstić information content (AvgIpc) is 2.92. The van der Waals surface area contributed by atoms with Crippen molar-refractivity contribution >= 4 is 33.4 Å². The molecule has 0 aromatic heterocycles. The van der Waals surface area contributed by atoms with Gasteiger partial charge in [0.2, 0.25) is 0 Å². The van der Waals surface area contributed by atoms with E-state index < -0.39 is 0 Å². The number of hydrogen-bond donors (Lipinski definition) is 2. The molecule has 0 aliphatic carbocycles. The standard InChI is InChI=1S/C16H18N2OS/c1-2-16(10-19)11-20-15(18-16)17-14-9-5-7-12-6-3-4-8-13(12)14/h3-9,19H,2,10-11H2,1H3,(H,17,18). The number of rotatable bonds is 3. The van der Waals surface area contributed by atoms with Crippen LogP contribution in [0.4, 0.5) is 5.69 Å². The van der Waals surface area contributed by atoms with Crippen LogP contribution in [-0.2, 0) is 0 Å². The number of aliphatic hydroxyl groups excluding tert-OH is 1. The zero-order valence-corrected chi connectivity index (χ0v) is 12.3. The first-order valence-electron chi connectivity index (χ1n) is 6.85. The average molecular weight is 286 g/mol. The predicted molar refractivity (Wildman–Crippen MR) is 87.6 cm³/mol. The van der Waals surface area contributed by atoms with Crippen molar-refractivity contribution in [2.45, 2.75) is 18.9 Å². The Hall–Kier alpha value is -1.52. The van der Waals surface area contributed by atoms with E-state index in [0.29, 0.717) is 0 Å². The molecule has 1 atom stereocenters. The Balaban J connectivity index is 1.91. The van der Waals surface area contributed by atoms with Crippen molar-refractivity contribution in [3.05, 3.63) is 42.5 Å². The number of fused-ring (bicyclic) bond motifs is 1. The van der Waals surface area contributed by atoms with Crippen LogP contribution >= 0.6 is 11.8 Å². The SMILES string of the molecule is CCC1(CO)CSC(Nc2cccc3ccccc23)=N1. The molecule has 0 saturated heterocycles. The molecule has 2 aromatic carbocycles. The highest BCUT2D eigenvalue weighted by Gasteiger charge is 2.33. The molecule has 1 heterocycles. The summed E-state index contributed by atoms with van der Waals surface area (Å²) in [6.07, 6.45) is 0.858. The normalized spacial score (nSPS) is 22.0. The minimum Gasteiger partial charge on any atom is -0.394 e. The maximum Gasteiger partial charge on any atom is 0.161 e. The van der Waals surface area contributed by atoms with Gasteiger partial charge in [-0.15, -0.1) is 0 Å². The van der Waals surface area contributed by atoms with Gasteiger partial charge in [-0.05, 0) is 17.9 Å². The molecular formula is C16H18N2OS. The summed E-state index contributed by atoms with van der Waals surface area (Å²) in [6.45, 7) is 2.18. The highest BCUT2D eigenvalue weighted by atomic mass is 32.2. The highest BCUT2D eigenvalue weighted by molar-refractivity contribution is 8.14. The molecular weight excluding hydrogens is 268 g/mol. The Bertz CT molecular complexity index is 644. The number of benzene rings is 2. The van der Waals surface area contributed by atoms with Crippen molar-refractivity contribution < 1.29 is 5.11 Å². The van der Waals surface area contributed by atoms with Gasteiger partial charge in [0.25, 0.3) is 0 Å². The molecule has 3 rings (SSSR count). The third-order valence-electron chi connectivity index (χ3n) is 3.80. The summed E-state index contributed by atoms with van der Waals surface area (Å²) >= 11 is 1.68. The van der Waals surface area contributed by atoms with Gasteiger partial charge in [0.15, 0.2) is 5.17 Å². The van der Waals surface area contributed by atoms with E-state index in [9.17, 15) is 5.11 Å². The number of nitrogens with one attached hydrogen (secondary N) is 1. The topological polar surface area (TPSA) is 44.6 Å². The number of amidine groups is 1. The Morgan fingerprint density at radius 2 is 2.05 bits per heavy atom. The van der Waals surface area contributed by atoms with Crippen LogP contribution in [0, 0.1) is 0 Å². The first kappa shape index (κ1) is 13.5. The van der Waals surface area contributed by atoms with Crippen LogP contribution in [0.15, 0.2) is 47.5 Å². The zero-order chi connectivity index (χ0) is 14.0. The smallest absolute Gasteiger partial charge is 0.161 e. The summed E-state index contributed by atoms with van der Waals surface area (Å²) in [6, 6.07) is 14.5. The maximum atomic E-state index is 9.52. The molecule has 1 aliphatic rings. The molecule has 0 amide bonds. The number of hydrogen-bond acceptors (Lipinski definition) is 4. The van der Waals surface area contributed by atoms with Crippen LogP contribution in [0.25, 0.3) is 10.8 Å². The predicted octanol–water partition coefficient (Wildman–Crippen LogP) is 3.50. The molecule has 20 heavy (non-hydrogen) atoms. The fraction of sp³-hybridized carbons (Fsp3) is 0.312. The molecule has 2 N–H and O–H groups in total. The monoisotopic (exact) mass is 286 g/mol. The second-order valence-corrected chi connectivity index (χ2v) is 6.06. The quantitative estimate of drug-likeness (QED) is 0.907. The number of thioether (sulfide) groups is 1. The Kier molecular flexibility index (Phi) is 3.68. The minimum absolute atomic E-state index is 0.108. The summed E-state index contributed by atoms with van der Waals surface area (Å²) in [5.74, 6) is 0.840. The Morgan fingerprint density at radius 3 is 2.80 bits per heavy atom. The summed E-state index contributed by atoms with van der Waals surface area (Å²) in [7, 11) is 0. The molecule has 2 aromatic rings. The lowest BCUT2D eigenvalue weighted by Gasteiger charge is -2.19. The van der Waals surface area contributed by atoms with Gasteiger partial charge >= 0.3 is 0 Å². The van der Waals surface area contributed by atoms with Crippen LogP contribution in [0.1, 0.15) is 13.3 Å². The van der Waals surface area contributed by atoms with E-state index in [2.05, 4.69) is 41.5 Å². The van der Waals surface area contributed by atoms with Gasteiger partial charge in [0, 0.05) is 16.8 Å². The highest BCUT2D eigenvalue weighted by Crippen LogP contribution is 2.32. The third-order valence-corrected chi connectivity index (χ3v) is 4.95. The van der Waals surface area contributed by atoms with E-state index in [1.54, 1.807) is 11.8 Å². The van der Waals surface area contributed by atoms with Gasteiger partial charge in [-0.1, -0.05) is 55.1 Å². The van der Waals surface area contributed by atoms with E-state index >= 15 is 0 Å². The van der Waals surface area contributed by atoms with Gasteiger partial charge in [0.1, 0.15) is 0 Å². The molecule has 0 bridgehead atoms. The van der Waals surface area contributed by atoms with E-state index in [0.717, 1.165) is 23.0 Å². The van der Waals surface area contributed by atoms with Gasteiger partial charge < -0.3 is 10.4 Å². The fourth-order valence-corrected chi connectivity index (χ4v) is 3.58. The molecule has 0 fully saturated rings. The molecule has 1 unspecified atom stereocenters. The molecule has 4 heteroatoms. The van der Waals surface area contributed by atoms with E-state index in [4.69, 9.17) is 0 Å². The lowest BCUT2D eigenvalue weighted by Crippen LogP contribution is -2.30. The number of nitrogens with zero attached hydrogens (tertiary/aromatic N) is 1. The summed E-state index contributed by atoms with van der Waals surface area (Å²) in [4.78, 5) is 4.68. The van der Waals surface area contributed by atoms with Crippen molar-refractivity contribution in [2.75, 3.05) is 17.7 Å². The van der Waals surface area contributed by atoms with Crippen LogP contribution in [0.2, 0.25) is 0 Å². The number of aliphatic hydroxyl groups is 1. The van der Waals surface area contributed by atoms with Crippen molar-refractivity contribution in [1.82, 2.24) is 0 Å². The van der Waals surface area contributed by atoms with E-state index in [1.165, 1.54) is 10.8 Å². The van der Waals surface area contributed by atoms with Crippen molar-refractivity contribution in [1.29, 1.82) is 0 Å². The van der Waals surface area contributed by atoms with Crippen LogP contribution in [0.3, 0.4) is 0 Å². The number of aliphatic imine (C=N–C) groups is 1. The van der Waals surface area contributed by atoms with E-state index in [-0.39, 0.29) is 12.1 Å². The molecule has 0 radical (unpaired) electrons. The largest absolute Gasteiger partial charge is 0.394 e. The second kappa shape index (κ2) is 5.46. The van der Waals surface area contributed by atoms with E-state index in [1.807, 2.05) is 18.2 Å². The van der Waals surface area contributed by atoms with Crippen LogP contribution < -0.4 is 5.32 Å².